The average Bonchev–Trinajstić information content (AvgIpc) is 3.33. The summed E-state index contributed by atoms with van der Waals surface area (Å²) in [4.78, 5) is 26.7. The number of cyclic esters (lactones) is 1. The van der Waals surface area contributed by atoms with Gasteiger partial charge < -0.3 is 19.3 Å². The number of halogens is 1. The Balaban J connectivity index is 1.65. The second kappa shape index (κ2) is 7.95. The topological polar surface area (TPSA) is 85.3 Å². The zero-order chi connectivity index (χ0) is 23.1. The first-order valence-electron chi connectivity index (χ1n) is 10.4. The second-order valence-corrected chi connectivity index (χ2v) is 8.71. The monoisotopic (exact) mass is 443 g/mol. The van der Waals surface area contributed by atoms with Crippen LogP contribution in [0.15, 0.2) is 60.7 Å². The highest BCUT2D eigenvalue weighted by Crippen LogP contribution is 2.41. The molecule has 170 valence electrons. The molecule has 0 unspecified atom stereocenters. The van der Waals surface area contributed by atoms with Gasteiger partial charge >= 0.3 is 6.09 Å². The van der Waals surface area contributed by atoms with E-state index in [1.165, 1.54) is 0 Å². The first kappa shape index (κ1) is 22.4. The van der Waals surface area contributed by atoms with Crippen LogP contribution in [0.4, 0.5) is 9.18 Å². The number of amides is 2. The van der Waals surface area contributed by atoms with Gasteiger partial charge in [-0.2, -0.15) is 0 Å². The molecule has 1 N–H and O–H groups in total. The average molecular weight is 443 g/mol. The Labute approximate surface area is 185 Å². The fraction of sp³-hybridized carbons (Fsp3) is 0.417. The molecule has 7 nitrogen and oxygen atoms in total. The molecule has 0 spiro atoms. The van der Waals surface area contributed by atoms with E-state index in [4.69, 9.17) is 14.2 Å². The van der Waals surface area contributed by atoms with Crippen molar-refractivity contribution < 1.29 is 33.3 Å². The molecule has 2 saturated heterocycles. The molecule has 2 heterocycles. The zero-order valence-electron chi connectivity index (χ0n) is 18.2. The summed E-state index contributed by atoms with van der Waals surface area (Å²) in [5.74, 6) is -2.20. The summed E-state index contributed by atoms with van der Waals surface area (Å²) in [7, 11) is 0. The van der Waals surface area contributed by atoms with E-state index < -0.39 is 41.3 Å². The number of carbonyl (C=O) groups is 2. The highest BCUT2D eigenvalue weighted by molar-refractivity contribution is 5.98. The maximum absolute atomic E-state index is 15.7. The van der Waals surface area contributed by atoms with E-state index in [2.05, 4.69) is 0 Å². The minimum absolute atomic E-state index is 0.0800. The lowest BCUT2D eigenvalue weighted by molar-refractivity contribution is -0.173. The Morgan fingerprint density at radius 2 is 1.66 bits per heavy atom. The molecule has 2 aromatic carbocycles. The summed E-state index contributed by atoms with van der Waals surface area (Å²) < 4.78 is 32.3. The number of benzene rings is 2. The molecular weight excluding hydrogens is 417 g/mol. The van der Waals surface area contributed by atoms with Gasteiger partial charge in [0.15, 0.2) is 11.4 Å². The van der Waals surface area contributed by atoms with Crippen molar-refractivity contribution in [3.63, 3.8) is 0 Å². The number of rotatable bonds is 5. The summed E-state index contributed by atoms with van der Waals surface area (Å²) in [6, 6.07) is 17.9. The van der Waals surface area contributed by atoms with Crippen LogP contribution in [0, 0.1) is 0 Å². The maximum Gasteiger partial charge on any atom is 0.418 e. The molecule has 0 bridgehead atoms. The molecule has 0 aliphatic carbocycles. The minimum Gasteiger partial charge on any atom is -0.431 e. The molecule has 2 amide bonds. The van der Waals surface area contributed by atoms with Gasteiger partial charge in [-0.25, -0.2) is 14.1 Å². The first-order chi connectivity index (χ1) is 15.1. The molecule has 2 aromatic rings. The quantitative estimate of drug-likeness (QED) is 0.764. The van der Waals surface area contributed by atoms with Crippen molar-refractivity contribution in [1.82, 2.24) is 4.90 Å². The third-order valence-electron chi connectivity index (χ3n) is 5.94. The predicted octanol–water partition coefficient (Wildman–Crippen LogP) is 3.15. The van der Waals surface area contributed by atoms with Crippen LogP contribution in [-0.2, 0) is 24.6 Å². The number of alkyl halides is 1. The van der Waals surface area contributed by atoms with Crippen LogP contribution in [-0.4, -0.2) is 58.8 Å². The molecule has 8 heteroatoms. The fourth-order valence-electron chi connectivity index (χ4n) is 4.17. The largest absolute Gasteiger partial charge is 0.431 e. The summed E-state index contributed by atoms with van der Waals surface area (Å²) in [5.41, 5.74) is -2.82. The molecule has 4 rings (SSSR count). The third-order valence-corrected chi connectivity index (χ3v) is 5.94. The Morgan fingerprint density at radius 3 is 2.12 bits per heavy atom. The van der Waals surface area contributed by atoms with E-state index in [9.17, 15) is 14.7 Å². The smallest absolute Gasteiger partial charge is 0.418 e. The summed E-state index contributed by atoms with van der Waals surface area (Å²) in [6.07, 6.45) is -3.88. The van der Waals surface area contributed by atoms with Gasteiger partial charge in [-0.15, -0.1) is 0 Å². The van der Waals surface area contributed by atoms with E-state index in [1.807, 2.05) is 12.1 Å². The number of hydrogen-bond acceptors (Lipinski definition) is 6. The normalized spacial score (nSPS) is 24.6. The van der Waals surface area contributed by atoms with E-state index >= 15 is 4.39 Å². The molecular formula is C24H26FNO6. The highest BCUT2D eigenvalue weighted by atomic mass is 19.1. The molecule has 2 fully saturated rings. The van der Waals surface area contributed by atoms with Gasteiger partial charge in [0.1, 0.15) is 12.2 Å². The number of nitrogens with zero attached hydrogens (tertiary/aromatic N) is 1. The first-order valence-corrected chi connectivity index (χ1v) is 10.4. The van der Waals surface area contributed by atoms with Gasteiger partial charge in [0.05, 0.1) is 13.2 Å². The van der Waals surface area contributed by atoms with Crippen molar-refractivity contribution >= 4 is 12.0 Å². The predicted molar refractivity (Wildman–Crippen MR) is 112 cm³/mol. The fourth-order valence-corrected chi connectivity index (χ4v) is 4.17. The van der Waals surface area contributed by atoms with Gasteiger partial charge in [0.25, 0.3) is 5.91 Å². The number of imide groups is 1. The molecule has 32 heavy (non-hydrogen) atoms. The summed E-state index contributed by atoms with van der Waals surface area (Å²) in [5, 5.41) is 10.6. The summed E-state index contributed by atoms with van der Waals surface area (Å²) in [6.45, 7) is 3.88. The van der Waals surface area contributed by atoms with Crippen LogP contribution < -0.4 is 0 Å². The SMILES string of the molecule is CC1(C)OC[C@H]([C@@H](O)[C@@](C)(F)C(=O)N2CC(c3ccccc3)(c3ccccc3)OC2=O)O1. The Bertz CT molecular complexity index is 955. The third kappa shape index (κ3) is 3.79. The molecule has 2 aliphatic heterocycles. The van der Waals surface area contributed by atoms with E-state index in [0.29, 0.717) is 16.0 Å². The van der Waals surface area contributed by atoms with Crippen molar-refractivity contribution in [3.05, 3.63) is 71.8 Å². The summed E-state index contributed by atoms with van der Waals surface area (Å²) >= 11 is 0. The lowest BCUT2D eigenvalue weighted by Crippen LogP contribution is -2.56. The van der Waals surface area contributed by atoms with Gasteiger partial charge in [-0.05, 0) is 20.8 Å². The Morgan fingerprint density at radius 1 is 1.12 bits per heavy atom. The molecule has 3 atom stereocenters. The van der Waals surface area contributed by atoms with Crippen molar-refractivity contribution in [2.45, 2.75) is 50.0 Å². The highest BCUT2D eigenvalue weighted by Gasteiger charge is 2.57. The van der Waals surface area contributed by atoms with Gasteiger partial charge in [-0.3, -0.25) is 4.79 Å². The number of carbonyl (C=O) groups excluding carboxylic acids is 2. The molecule has 2 aliphatic rings. The lowest BCUT2D eigenvalue weighted by Gasteiger charge is -2.31. The van der Waals surface area contributed by atoms with E-state index in [1.54, 1.807) is 62.4 Å². The zero-order valence-corrected chi connectivity index (χ0v) is 18.2. The van der Waals surface area contributed by atoms with Crippen LogP contribution >= 0.6 is 0 Å². The van der Waals surface area contributed by atoms with Gasteiger partial charge in [0.2, 0.25) is 5.67 Å². The van der Waals surface area contributed by atoms with Gasteiger partial charge in [0, 0.05) is 11.1 Å². The number of aliphatic hydroxyl groups is 1. The second-order valence-electron chi connectivity index (χ2n) is 8.71. The molecule has 0 radical (unpaired) electrons. The van der Waals surface area contributed by atoms with Crippen LogP contribution in [0.25, 0.3) is 0 Å². The number of hydrogen-bond donors (Lipinski definition) is 1. The Kier molecular flexibility index (Phi) is 5.56. The van der Waals surface area contributed by atoms with E-state index in [0.717, 1.165) is 6.92 Å². The van der Waals surface area contributed by atoms with Crippen LogP contribution in [0.2, 0.25) is 0 Å². The number of aliphatic hydroxyl groups excluding tert-OH is 1. The van der Waals surface area contributed by atoms with Crippen LogP contribution in [0.5, 0.6) is 0 Å². The molecule has 0 aromatic heterocycles. The van der Waals surface area contributed by atoms with Crippen molar-refractivity contribution in [3.8, 4) is 0 Å². The standard InChI is InChI=1S/C24H26FNO6/c1-22(2)30-14-18(31-22)19(27)23(3,25)20(28)26-15-24(32-21(26)29,16-10-6-4-7-11-16)17-12-8-5-9-13-17/h4-13,18-19,27H,14-15H2,1-3H3/t18-,19-,23-/m1/s1. The minimum atomic E-state index is -2.81. The lowest BCUT2D eigenvalue weighted by atomic mass is 9.86. The van der Waals surface area contributed by atoms with E-state index in [-0.39, 0.29) is 13.2 Å². The van der Waals surface area contributed by atoms with Crippen LogP contribution in [0.3, 0.4) is 0 Å². The van der Waals surface area contributed by atoms with Crippen LogP contribution in [0.1, 0.15) is 31.9 Å². The van der Waals surface area contributed by atoms with Crippen molar-refractivity contribution in [1.29, 1.82) is 0 Å². The van der Waals surface area contributed by atoms with Crippen molar-refractivity contribution in [2.75, 3.05) is 13.2 Å². The van der Waals surface area contributed by atoms with Gasteiger partial charge in [-0.1, -0.05) is 60.7 Å². The molecule has 0 saturated carbocycles. The Hall–Kier alpha value is -2.81. The van der Waals surface area contributed by atoms with Crippen molar-refractivity contribution in [2.24, 2.45) is 0 Å². The number of ether oxygens (including phenoxy) is 3. The maximum atomic E-state index is 15.7.